The van der Waals surface area contributed by atoms with Gasteiger partial charge in [-0.1, -0.05) is 13.8 Å². The molecule has 0 rings (SSSR count). The molecular formula is C7H15OS. The highest BCUT2D eigenvalue weighted by atomic mass is 32.2. The number of thioether (sulfide) groups is 1. The molecule has 0 aliphatic rings. The first-order valence-corrected chi connectivity index (χ1v) is 4.58. The van der Waals surface area contributed by atoms with Crippen LogP contribution in [0, 0.1) is 5.92 Å². The van der Waals surface area contributed by atoms with Crippen molar-refractivity contribution in [1.82, 2.24) is 0 Å². The lowest BCUT2D eigenvalue weighted by molar-refractivity contribution is 0.215. The molecule has 0 aliphatic carbocycles. The maximum atomic E-state index is 9.95. The summed E-state index contributed by atoms with van der Waals surface area (Å²) in [4.78, 5) is 0. The predicted octanol–water partition coefficient (Wildman–Crippen LogP) is 2.20. The van der Waals surface area contributed by atoms with Crippen LogP contribution in [0.2, 0.25) is 0 Å². The van der Waals surface area contributed by atoms with Crippen molar-refractivity contribution in [2.45, 2.75) is 20.3 Å². The molecule has 0 saturated heterocycles. The van der Waals surface area contributed by atoms with Crippen LogP contribution in [0.15, 0.2) is 0 Å². The Morgan fingerprint density at radius 1 is 1.33 bits per heavy atom. The Balaban J connectivity index is 2.75. The van der Waals surface area contributed by atoms with Gasteiger partial charge in [-0.15, -0.1) is 0 Å². The smallest absolute Gasteiger partial charge is 0.0912 e. The summed E-state index contributed by atoms with van der Waals surface area (Å²) < 4.78 is 0. The third-order valence-electron chi connectivity index (χ3n) is 1.07. The molecule has 0 bridgehead atoms. The maximum Gasteiger partial charge on any atom is 0.0912 e. The Bertz CT molecular complexity index is 54.9. The molecule has 0 spiro atoms. The molecule has 0 unspecified atom stereocenters. The van der Waals surface area contributed by atoms with Gasteiger partial charge in [0.1, 0.15) is 0 Å². The molecular weight excluding hydrogens is 132 g/mol. The highest BCUT2D eigenvalue weighted by Crippen LogP contribution is 2.07. The molecule has 0 atom stereocenters. The summed E-state index contributed by atoms with van der Waals surface area (Å²) in [6, 6.07) is 0. The Morgan fingerprint density at radius 2 is 2.00 bits per heavy atom. The second-order valence-corrected chi connectivity index (χ2v) is 3.72. The van der Waals surface area contributed by atoms with Crippen molar-refractivity contribution in [3.8, 4) is 0 Å². The summed E-state index contributed by atoms with van der Waals surface area (Å²) in [5.41, 5.74) is 0. The van der Waals surface area contributed by atoms with Gasteiger partial charge in [0.05, 0.1) is 6.61 Å². The van der Waals surface area contributed by atoms with Crippen molar-refractivity contribution in [2.75, 3.05) is 18.1 Å². The van der Waals surface area contributed by atoms with Crippen LogP contribution >= 0.6 is 11.8 Å². The van der Waals surface area contributed by atoms with Crippen molar-refractivity contribution in [3.05, 3.63) is 0 Å². The van der Waals surface area contributed by atoms with Crippen LogP contribution < -0.4 is 0 Å². The molecule has 0 aliphatic heterocycles. The van der Waals surface area contributed by atoms with Crippen molar-refractivity contribution >= 4 is 11.8 Å². The Labute approximate surface area is 61.8 Å². The molecule has 0 saturated carbocycles. The monoisotopic (exact) mass is 147 g/mol. The van der Waals surface area contributed by atoms with E-state index < -0.39 is 0 Å². The minimum absolute atomic E-state index is 0.0722. The van der Waals surface area contributed by atoms with Gasteiger partial charge >= 0.3 is 0 Å². The molecule has 0 aromatic rings. The second-order valence-electron chi connectivity index (χ2n) is 2.50. The summed E-state index contributed by atoms with van der Waals surface area (Å²) in [7, 11) is 0. The average molecular weight is 147 g/mol. The summed E-state index contributed by atoms with van der Waals surface area (Å²) in [5.74, 6) is 2.72. The van der Waals surface area contributed by atoms with Gasteiger partial charge in [0.15, 0.2) is 0 Å². The number of hydrogen-bond donors (Lipinski definition) is 0. The SMILES string of the molecule is CC(C)CCSCC[O]. The first-order valence-electron chi connectivity index (χ1n) is 3.43. The lowest BCUT2D eigenvalue weighted by atomic mass is 10.2. The first-order chi connectivity index (χ1) is 4.27. The Hall–Kier alpha value is 0.310. The van der Waals surface area contributed by atoms with E-state index in [1.807, 2.05) is 0 Å². The predicted molar refractivity (Wildman–Crippen MR) is 42.3 cm³/mol. The van der Waals surface area contributed by atoms with E-state index in [0.717, 1.165) is 17.4 Å². The zero-order valence-corrected chi connectivity index (χ0v) is 7.04. The molecule has 0 amide bonds. The molecule has 0 aromatic heterocycles. The molecule has 0 heterocycles. The van der Waals surface area contributed by atoms with Gasteiger partial charge in [-0.05, 0) is 18.1 Å². The summed E-state index contributed by atoms with van der Waals surface area (Å²) in [6.07, 6.45) is 1.24. The van der Waals surface area contributed by atoms with E-state index in [9.17, 15) is 5.11 Å². The molecule has 2 heteroatoms. The van der Waals surface area contributed by atoms with Crippen LogP contribution in [0.5, 0.6) is 0 Å². The van der Waals surface area contributed by atoms with Gasteiger partial charge in [0.2, 0.25) is 0 Å². The highest BCUT2D eigenvalue weighted by Gasteiger charge is 1.92. The minimum Gasteiger partial charge on any atom is -0.236 e. The van der Waals surface area contributed by atoms with Crippen LogP contribution in [0.4, 0.5) is 0 Å². The maximum absolute atomic E-state index is 9.95. The van der Waals surface area contributed by atoms with Crippen LogP contribution in [0.25, 0.3) is 0 Å². The van der Waals surface area contributed by atoms with E-state index in [-0.39, 0.29) is 6.61 Å². The lowest BCUT2D eigenvalue weighted by Crippen LogP contribution is -1.92. The van der Waals surface area contributed by atoms with Crippen LogP contribution in [-0.4, -0.2) is 18.1 Å². The van der Waals surface area contributed by atoms with Gasteiger partial charge in [0, 0.05) is 5.75 Å². The van der Waals surface area contributed by atoms with Crippen molar-refractivity contribution < 1.29 is 5.11 Å². The zero-order chi connectivity index (χ0) is 7.11. The second kappa shape index (κ2) is 6.43. The number of hydrogen-bond acceptors (Lipinski definition) is 1. The quantitative estimate of drug-likeness (QED) is 0.546. The molecule has 1 radical (unpaired) electrons. The zero-order valence-electron chi connectivity index (χ0n) is 6.22. The van der Waals surface area contributed by atoms with E-state index in [4.69, 9.17) is 0 Å². The summed E-state index contributed by atoms with van der Waals surface area (Å²) in [5, 5.41) is 9.95. The molecule has 0 aromatic carbocycles. The molecule has 55 valence electrons. The first kappa shape index (κ1) is 9.31. The summed E-state index contributed by atoms with van der Waals surface area (Å²) in [6.45, 7) is 4.48. The highest BCUT2D eigenvalue weighted by molar-refractivity contribution is 7.99. The Kier molecular flexibility index (Phi) is 6.65. The van der Waals surface area contributed by atoms with Crippen LogP contribution in [0.3, 0.4) is 0 Å². The van der Waals surface area contributed by atoms with Gasteiger partial charge in [-0.2, -0.15) is 11.8 Å². The fourth-order valence-corrected chi connectivity index (χ4v) is 1.44. The summed E-state index contributed by atoms with van der Waals surface area (Å²) >= 11 is 1.77. The van der Waals surface area contributed by atoms with Crippen molar-refractivity contribution in [2.24, 2.45) is 5.92 Å². The van der Waals surface area contributed by atoms with Crippen molar-refractivity contribution in [3.63, 3.8) is 0 Å². The fourth-order valence-electron chi connectivity index (χ4n) is 0.480. The normalized spacial score (nSPS) is 10.7. The van der Waals surface area contributed by atoms with Crippen molar-refractivity contribution in [1.29, 1.82) is 0 Å². The van der Waals surface area contributed by atoms with E-state index in [1.54, 1.807) is 11.8 Å². The van der Waals surface area contributed by atoms with Gasteiger partial charge in [-0.3, -0.25) is 0 Å². The molecule has 1 nitrogen and oxygen atoms in total. The van der Waals surface area contributed by atoms with E-state index in [0.29, 0.717) is 0 Å². The minimum atomic E-state index is 0.0722. The van der Waals surface area contributed by atoms with Crippen LogP contribution in [0.1, 0.15) is 20.3 Å². The topological polar surface area (TPSA) is 19.9 Å². The van der Waals surface area contributed by atoms with E-state index >= 15 is 0 Å². The standard InChI is InChI=1S/C7H15OS/c1-7(2)3-5-9-6-4-8/h7H,3-6H2,1-2H3. The largest absolute Gasteiger partial charge is 0.236 e. The van der Waals surface area contributed by atoms with Gasteiger partial charge in [0.25, 0.3) is 0 Å². The van der Waals surface area contributed by atoms with Gasteiger partial charge in [-0.25, -0.2) is 5.11 Å². The third kappa shape index (κ3) is 8.31. The van der Waals surface area contributed by atoms with Crippen LogP contribution in [-0.2, 0) is 5.11 Å². The Morgan fingerprint density at radius 3 is 2.44 bits per heavy atom. The molecule has 0 fully saturated rings. The molecule has 9 heavy (non-hydrogen) atoms. The number of rotatable bonds is 5. The van der Waals surface area contributed by atoms with E-state index in [1.165, 1.54) is 6.42 Å². The lowest BCUT2D eigenvalue weighted by Gasteiger charge is -2.01. The third-order valence-corrected chi connectivity index (χ3v) is 2.05. The van der Waals surface area contributed by atoms with E-state index in [2.05, 4.69) is 13.8 Å². The van der Waals surface area contributed by atoms with Gasteiger partial charge < -0.3 is 0 Å². The average Bonchev–Trinajstić information content (AvgIpc) is 1.80. The molecule has 0 N–H and O–H groups in total. The fraction of sp³-hybridized carbons (Fsp3) is 1.00.